The number of halogens is 3. The fourth-order valence-electron chi connectivity index (χ4n) is 1.80. The highest BCUT2D eigenvalue weighted by atomic mass is 19.4. The smallest absolute Gasteiger partial charge is 0.449 e. The van der Waals surface area contributed by atoms with Gasteiger partial charge in [0.25, 0.3) is 5.69 Å². The fraction of sp³-hybridized carbons (Fsp3) is 0.0714. The molecule has 126 valence electrons. The van der Waals surface area contributed by atoms with Gasteiger partial charge in [0.05, 0.1) is 22.2 Å². The number of nitro groups is 1. The third-order valence-electron chi connectivity index (χ3n) is 2.86. The van der Waals surface area contributed by atoms with E-state index in [0.717, 1.165) is 36.4 Å². The van der Waals surface area contributed by atoms with Gasteiger partial charge < -0.3 is 15.2 Å². The lowest BCUT2D eigenvalue weighted by Crippen LogP contribution is -2.06. The number of alkyl halides is 3. The first-order valence-electron chi connectivity index (χ1n) is 6.30. The first-order chi connectivity index (χ1) is 11.2. The molecule has 0 saturated heterocycles. The van der Waals surface area contributed by atoms with Crippen LogP contribution >= 0.6 is 0 Å². The molecular formula is C14H9F3N2O5. The molecule has 0 aliphatic heterocycles. The molecule has 0 atom stereocenters. The Kier molecular flexibility index (Phi) is 4.58. The standard InChI is InChI=1S/C14H9F3N2O5/c15-14(16,17)8-1-3-9(4-2-8)18-11-6-5-10(19(22)23)7-12(11)24-13(20)21/h1-7,18H,(H,20,21). The molecular weight excluding hydrogens is 333 g/mol. The molecule has 10 heteroatoms. The number of benzene rings is 2. The summed E-state index contributed by atoms with van der Waals surface area (Å²) in [6.45, 7) is 0. The first kappa shape index (κ1) is 17.1. The summed E-state index contributed by atoms with van der Waals surface area (Å²) in [5.41, 5.74) is -0.988. The lowest BCUT2D eigenvalue weighted by Gasteiger charge is -2.12. The van der Waals surface area contributed by atoms with Gasteiger partial charge in [-0.3, -0.25) is 10.1 Å². The summed E-state index contributed by atoms with van der Waals surface area (Å²) < 4.78 is 42.0. The molecule has 2 aromatic rings. The van der Waals surface area contributed by atoms with Crippen molar-refractivity contribution in [2.75, 3.05) is 5.32 Å². The summed E-state index contributed by atoms with van der Waals surface area (Å²) in [7, 11) is 0. The van der Waals surface area contributed by atoms with Crippen molar-refractivity contribution in [2.45, 2.75) is 6.18 Å². The zero-order valence-corrected chi connectivity index (χ0v) is 11.7. The maximum atomic E-state index is 12.5. The third-order valence-corrected chi connectivity index (χ3v) is 2.86. The average molecular weight is 342 g/mol. The highest BCUT2D eigenvalue weighted by molar-refractivity contribution is 5.73. The van der Waals surface area contributed by atoms with Crippen LogP contribution in [0.4, 0.5) is 35.0 Å². The van der Waals surface area contributed by atoms with Crippen LogP contribution in [0.5, 0.6) is 5.75 Å². The van der Waals surface area contributed by atoms with Gasteiger partial charge in [0.2, 0.25) is 0 Å². The molecule has 0 heterocycles. The maximum Gasteiger partial charge on any atom is 0.511 e. The number of nitro benzene ring substituents is 1. The van der Waals surface area contributed by atoms with Crippen LogP contribution in [0.25, 0.3) is 0 Å². The van der Waals surface area contributed by atoms with E-state index in [1.54, 1.807) is 0 Å². The summed E-state index contributed by atoms with van der Waals surface area (Å²) in [5, 5.41) is 22.0. The van der Waals surface area contributed by atoms with Gasteiger partial charge in [-0.15, -0.1) is 0 Å². The number of carboxylic acid groups (broad SMARTS) is 1. The second-order valence-corrected chi connectivity index (χ2v) is 4.51. The molecule has 0 aliphatic carbocycles. The highest BCUT2D eigenvalue weighted by Crippen LogP contribution is 2.33. The summed E-state index contributed by atoms with van der Waals surface area (Å²) in [4.78, 5) is 20.6. The van der Waals surface area contributed by atoms with E-state index in [0.29, 0.717) is 0 Å². The maximum absolute atomic E-state index is 12.5. The number of nitrogens with zero attached hydrogens (tertiary/aromatic N) is 1. The van der Waals surface area contributed by atoms with Crippen molar-refractivity contribution in [1.82, 2.24) is 0 Å². The van der Waals surface area contributed by atoms with Crippen LogP contribution in [0.2, 0.25) is 0 Å². The molecule has 24 heavy (non-hydrogen) atoms. The van der Waals surface area contributed by atoms with Gasteiger partial charge in [0.15, 0.2) is 5.75 Å². The van der Waals surface area contributed by atoms with Crippen LogP contribution < -0.4 is 10.1 Å². The SMILES string of the molecule is O=C(O)Oc1cc([N+](=O)[O-])ccc1Nc1ccc(C(F)(F)F)cc1. The minimum atomic E-state index is -4.48. The van der Waals surface area contributed by atoms with Crippen molar-refractivity contribution in [2.24, 2.45) is 0 Å². The Labute approximate surface area is 132 Å². The Bertz CT molecular complexity index is 775. The quantitative estimate of drug-likeness (QED) is 0.369. The second-order valence-electron chi connectivity index (χ2n) is 4.51. The zero-order valence-electron chi connectivity index (χ0n) is 11.7. The number of rotatable bonds is 4. The predicted molar refractivity (Wildman–Crippen MR) is 76.5 cm³/mol. The fourth-order valence-corrected chi connectivity index (χ4v) is 1.80. The van der Waals surface area contributed by atoms with Crippen LogP contribution in [-0.2, 0) is 6.18 Å². The number of carbonyl (C=O) groups is 1. The van der Waals surface area contributed by atoms with Crippen molar-refractivity contribution >= 4 is 23.2 Å². The minimum absolute atomic E-state index is 0.0442. The number of ether oxygens (including phenoxy) is 1. The Morgan fingerprint density at radius 3 is 2.29 bits per heavy atom. The van der Waals surface area contributed by atoms with Gasteiger partial charge in [-0.05, 0) is 30.3 Å². The van der Waals surface area contributed by atoms with E-state index in [1.807, 2.05) is 0 Å². The third kappa shape index (κ3) is 4.12. The highest BCUT2D eigenvalue weighted by Gasteiger charge is 2.30. The number of hydrogen-bond acceptors (Lipinski definition) is 5. The summed E-state index contributed by atoms with van der Waals surface area (Å²) in [6.07, 6.45) is -6.17. The van der Waals surface area contributed by atoms with E-state index in [4.69, 9.17) is 5.11 Å². The van der Waals surface area contributed by atoms with Gasteiger partial charge in [-0.2, -0.15) is 13.2 Å². The van der Waals surface area contributed by atoms with E-state index in [-0.39, 0.29) is 17.1 Å². The number of anilines is 2. The molecule has 0 unspecified atom stereocenters. The van der Waals surface area contributed by atoms with Gasteiger partial charge >= 0.3 is 12.3 Å². The molecule has 0 aliphatic rings. The number of nitrogens with one attached hydrogen (secondary N) is 1. The van der Waals surface area contributed by atoms with Crippen LogP contribution in [0.1, 0.15) is 5.56 Å². The van der Waals surface area contributed by atoms with Gasteiger partial charge in [0, 0.05) is 11.8 Å². The lowest BCUT2D eigenvalue weighted by atomic mass is 10.2. The normalized spacial score (nSPS) is 11.0. The van der Waals surface area contributed by atoms with E-state index >= 15 is 0 Å². The van der Waals surface area contributed by atoms with Crippen LogP contribution in [0, 0.1) is 10.1 Å². The molecule has 0 aromatic heterocycles. The van der Waals surface area contributed by atoms with E-state index in [2.05, 4.69) is 10.1 Å². The van der Waals surface area contributed by atoms with Crippen molar-refractivity contribution in [3.8, 4) is 5.75 Å². The largest absolute Gasteiger partial charge is 0.511 e. The van der Waals surface area contributed by atoms with Crippen molar-refractivity contribution < 1.29 is 32.7 Å². The molecule has 7 nitrogen and oxygen atoms in total. The Morgan fingerprint density at radius 2 is 1.79 bits per heavy atom. The first-order valence-corrected chi connectivity index (χ1v) is 6.30. The second kappa shape index (κ2) is 6.44. The molecule has 2 aromatic carbocycles. The molecule has 0 bridgehead atoms. The average Bonchev–Trinajstić information content (AvgIpc) is 2.48. The molecule has 0 spiro atoms. The van der Waals surface area contributed by atoms with Crippen molar-refractivity contribution in [3.63, 3.8) is 0 Å². The summed E-state index contributed by atoms with van der Waals surface area (Å²) in [5.74, 6) is -0.350. The molecule has 0 amide bonds. The summed E-state index contributed by atoms with van der Waals surface area (Å²) >= 11 is 0. The molecule has 0 fully saturated rings. The zero-order chi connectivity index (χ0) is 17.9. The van der Waals surface area contributed by atoms with Crippen molar-refractivity contribution in [3.05, 3.63) is 58.1 Å². The van der Waals surface area contributed by atoms with Gasteiger partial charge in [-0.1, -0.05) is 0 Å². The monoisotopic (exact) mass is 342 g/mol. The molecule has 0 saturated carbocycles. The van der Waals surface area contributed by atoms with Gasteiger partial charge in [-0.25, -0.2) is 4.79 Å². The van der Waals surface area contributed by atoms with E-state index < -0.39 is 28.5 Å². The summed E-state index contributed by atoms with van der Waals surface area (Å²) in [6, 6.07) is 7.12. The predicted octanol–water partition coefficient (Wildman–Crippen LogP) is 4.41. The molecule has 2 rings (SSSR count). The lowest BCUT2D eigenvalue weighted by molar-refractivity contribution is -0.384. The molecule has 2 N–H and O–H groups in total. The van der Waals surface area contributed by atoms with E-state index in [9.17, 15) is 28.1 Å². The number of non-ortho nitro benzene ring substituents is 1. The van der Waals surface area contributed by atoms with Crippen LogP contribution in [0.15, 0.2) is 42.5 Å². The number of hydrogen-bond donors (Lipinski definition) is 2. The Balaban J connectivity index is 2.31. The van der Waals surface area contributed by atoms with Crippen LogP contribution in [-0.4, -0.2) is 16.2 Å². The van der Waals surface area contributed by atoms with E-state index in [1.165, 1.54) is 6.07 Å². The van der Waals surface area contributed by atoms with Gasteiger partial charge in [0.1, 0.15) is 0 Å². The van der Waals surface area contributed by atoms with Crippen LogP contribution in [0.3, 0.4) is 0 Å². The van der Waals surface area contributed by atoms with Crippen molar-refractivity contribution in [1.29, 1.82) is 0 Å². The Morgan fingerprint density at radius 1 is 1.17 bits per heavy atom. The topological polar surface area (TPSA) is 102 Å². The Hall–Kier alpha value is -3.30. The minimum Gasteiger partial charge on any atom is -0.449 e. The molecule has 0 radical (unpaired) electrons.